The fraction of sp³-hybridized carbons (Fsp3) is 0.500. The summed E-state index contributed by atoms with van der Waals surface area (Å²) in [6.45, 7) is 5.36. The Bertz CT molecular complexity index is 545. The highest BCUT2D eigenvalue weighted by atomic mass is 15.5. The molecule has 6 heteroatoms. The molecular weight excluding hydrogens is 252 g/mol. The lowest BCUT2D eigenvalue weighted by Gasteiger charge is -2.23. The summed E-state index contributed by atoms with van der Waals surface area (Å²) in [5.74, 6) is 0.758. The summed E-state index contributed by atoms with van der Waals surface area (Å²) in [6.07, 6.45) is 4.12. The van der Waals surface area contributed by atoms with E-state index in [-0.39, 0.29) is 0 Å². The second kappa shape index (κ2) is 6.00. The van der Waals surface area contributed by atoms with E-state index in [0.717, 1.165) is 42.5 Å². The van der Waals surface area contributed by atoms with E-state index in [4.69, 9.17) is 0 Å². The lowest BCUT2D eigenvalue weighted by atomic mass is 9.98. The monoisotopic (exact) mass is 272 g/mol. The molecule has 106 valence electrons. The molecular formula is C14H20N6. The van der Waals surface area contributed by atoms with Crippen molar-refractivity contribution in [3.8, 4) is 5.69 Å². The minimum absolute atomic E-state index is 0.758. The quantitative estimate of drug-likeness (QED) is 0.880. The maximum absolute atomic E-state index is 3.96. The first-order valence-electron chi connectivity index (χ1n) is 7.11. The van der Waals surface area contributed by atoms with Crippen LogP contribution in [0.3, 0.4) is 0 Å². The summed E-state index contributed by atoms with van der Waals surface area (Å²) < 4.78 is 1.70. The van der Waals surface area contributed by atoms with Crippen molar-refractivity contribution in [3.05, 3.63) is 30.1 Å². The van der Waals surface area contributed by atoms with Crippen LogP contribution >= 0.6 is 0 Å². The average molecular weight is 272 g/mol. The van der Waals surface area contributed by atoms with E-state index < -0.39 is 0 Å². The van der Waals surface area contributed by atoms with E-state index in [1.807, 2.05) is 0 Å². The number of hydrogen-bond donors (Lipinski definition) is 2. The molecule has 1 aliphatic rings. The van der Waals surface area contributed by atoms with E-state index >= 15 is 0 Å². The van der Waals surface area contributed by atoms with E-state index in [1.165, 1.54) is 12.8 Å². The molecule has 0 bridgehead atoms. The van der Waals surface area contributed by atoms with Crippen LogP contribution in [0.5, 0.6) is 0 Å². The predicted octanol–water partition coefficient (Wildman–Crippen LogP) is 1.38. The molecule has 6 nitrogen and oxygen atoms in total. The molecule has 0 atom stereocenters. The minimum Gasteiger partial charge on any atom is -0.385 e. The number of hydrogen-bond acceptors (Lipinski definition) is 5. The number of aromatic nitrogens is 4. The fourth-order valence-corrected chi connectivity index (χ4v) is 2.59. The predicted molar refractivity (Wildman–Crippen MR) is 78.0 cm³/mol. The maximum atomic E-state index is 3.96. The first-order chi connectivity index (χ1) is 9.83. The molecule has 0 radical (unpaired) electrons. The smallest absolute Gasteiger partial charge is 0.143 e. The summed E-state index contributed by atoms with van der Waals surface area (Å²) >= 11 is 0. The van der Waals surface area contributed by atoms with Crippen molar-refractivity contribution in [2.75, 3.05) is 25.0 Å². The van der Waals surface area contributed by atoms with Gasteiger partial charge < -0.3 is 10.6 Å². The van der Waals surface area contributed by atoms with E-state index in [2.05, 4.69) is 51.3 Å². The Morgan fingerprint density at radius 2 is 2.20 bits per heavy atom. The SMILES string of the molecule is Cc1ccc(NCC2CCNCC2)cc1-n1cnnn1. The van der Waals surface area contributed by atoms with Gasteiger partial charge in [-0.3, -0.25) is 0 Å². The summed E-state index contributed by atoms with van der Waals surface area (Å²) in [5.41, 5.74) is 3.30. The standard InChI is InChI=1S/C14H20N6/c1-11-2-3-13(8-14(11)20-10-17-18-19-20)16-9-12-4-6-15-7-5-12/h2-3,8,10,12,15-16H,4-7,9H2,1H3. The fourth-order valence-electron chi connectivity index (χ4n) is 2.59. The number of tetrazole rings is 1. The van der Waals surface area contributed by atoms with E-state index in [1.54, 1.807) is 11.0 Å². The number of rotatable bonds is 4. The van der Waals surface area contributed by atoms with Gasteiger partial charge in [-0.15, -0.1) is 5.10 Å². The Hall–Kier alpha value is -1.95. The van der Waals surface area contributed by atoms with Crippen molar-refractivity contribution < 1.29 is 0 Å². The number of anilines is 1. The van der Waals surface area contributed by atoms with Crippen LogP contribution in [-0.4, -0.2) is 39.8 Å². The van der Waals surface area contributed by atoms with Gasteiger partial charge in [0.25, 0.3) is 0 Å². The highest BCUT2D eigenvalue weighted by Gasteiger charge is 2.12. The lowest BCUT2D eigenvalue weighted by molar-refractivity contribution is 0.390. The maximum Gasteiger partial charge on any atom is 0.143 e. The molecule has 1 aromatic heterocycles. The summed E-state index contributed by atoms with van der Waals surface area (Å²) in [6, 6.07) is 6.32. The molecule has 0 spiro atoms. The summed E-state index contributed by atoms with van der Waals surface area (Å²) in [5, 5.41) is 18.3. The normalized spacial score (nSPS) is 16.2. The molecule has 2 heterocycles. The van der Waals surface area contributed by atoms with Crippen LogP contribution in [0.4, 0.5) is 5.69 Å². The van der Waals surface area contributed by atoms with Crippen LogP contribution in [0.15, 0.2) is 24.5 Å². The third-order valence-electron chi connectivity index (χ3n) is 3.86. The Morgan fingerprint density at radius 1 is 1.35 bits per heavy atom. The van der Waals surface area contributed by atoms with Crippen LogP contribution in [0.1, 0.15) is 18.4 Å². The van der Waals surface area contributed by atoms with Crippen LogP contribution in [0, 0.1) is 12.8 Å². The second-order valence-corrected chi connectivity index (χ2v) is 5.33. The Morgan fingerprint density at radius 3 is 2.95 bits per heavy atom. The number of nitrogens with one attached hydrogen (secondary N) is 2. The molecule has 0 unspecified atom stereocenters. The van der Waals surface area contributed by atoms with Crippen molar-refractivity contribution in [3.63, 3.8) is 0 Å². The molecule has 1 aliphatic heterocycles. The topological polar surface area (TPSA) is 67.7 Å². The third kappa shape index (κ3) is 2.96. The average Bonchev–Trinajstić information content (AvgIpc) is 3.01. The molecule has 0 amide bonds. The summed E-state index contributed by atoms with van der Waals surface area (Å²) in [4.78, 5) is 0. The van der Waals surface area contributed by atoms with Gasteiger partial charge >= 0.3 is 0 Å². The van der Waals surface area contributed by atoms with Crippen molar-refractivity contribution in [2.24, 2.45) is 5.92 Å². The van der Waals surface area contributed by atoms with Gasteiger partial charge in [0, 0.05) is 12.2 Å². The molecule has 20 heavy (non-hydrogen) atoms. The second-order valence-electron chi connectivity index (χ2n) is 5.33. The highest BCUT2D eigenvalue weighted by molar-refractivity contribution is 5.54. The highest BCUT2D eigenvalue weighted by Crippen LogP contribution is 2.19. The van der Waals surface area contributed by atoms with E-state index in [9.17, 15) is 0 Å². The number of aryl methyl sites for hydroxylation is 1. The van der Waals surface area contributed by atoms with Crippen LogP contribution in [0.2, 0.25) is 0 Å². The van der Waals surface area contributed by atoms with Gasteiger partial charge in [0.15, 0.2) is 0 Å². The van der Waals surface area contributed by atoms with Gasteiger partial charge in [0.05, 0.1) is 5.69 Å². The molecule has 1 saturated heterocycles. The molecule has 0 saturated carbocycles. The van der Waals surface area contributed by atoms with Gasteiger partial charge in [0.1, 0.15) is 6.33 Å². The van der Waals surface area contributed by atoms with Gasteiger partial charge in [-0.25, -0.2) is 4.68 Å². The number of benzene rings is 1. The van der Waals surface area contributed by atoms with Crippen molar-refractivity contribution in [2.45, 2.75) is 19.8 Å². The third-order valence-corrected chi connectivity index (χ3v) is 3.86. The number of nitrogens with zero attached hydrogens (tertiary/aromatic N) is 4. The zero-order chi connectivity index (χ0) is 13.8. The van der Waals surface area contributed by atoms with Crippen LogP contribution in [0.25, 0.3) is 5.69 Å². The Labute approximate surface area is 118 Å². The van der Waals surface area contributed by atoms with Gasteiger partial charge in [-0.05, 0) is 66.9 Å². The van der Waals surface area contributed by atoms with Crippen LogP contribution in [-0.2, 0) is 0 Å². The molecule has 3 rings (SSSR count). The van der Waals surface area contributed by atoms with Crippen molar-refractivity contribution >= 4 is 5.69 Å². The molecule has 0 aliphatic carbocycles. The minimum atomic E-state index is 0.758. The summed E-state index contributed by atoms with van der Waals surface area (Å²) in [7, 11) is 0. The van der Waals surface area contributed by atoms with Gasteiger partial charge in [0.2, 0.25) is 0 Å². The molecule has 2 aromatic rings. The zero-order valence-corrected chi connectivity index (χ0v) is 11.7. The first kappa shape index (κ1) is 13.1. The molecule has 2 N–H and O–H groups in total. The largest absolute Gasteiger partial charge is 0.385 e. The first-order valence-corrected chi connectivity index (χ1v) is 7.11. The zero-order valence-electron chi connectivity index (χ0n) is 11.7. The van der Waals surface area contributed by atoms with Crippen LogP contribution < -0.4 is 10.6 Å². The molecule has 1 fully saturated rings. The van der Waals surface area contributed by atoms with Gasteiger partial charge in [-0.2, -0.15) is 0 Å². The number of piperidine rings is 1. The van der Waals surface area contributed by atoms with E-state index in [0.29, 0.717) is 0 Å². The molecule has 1 aromatic carbocycles. The lowest BCUT2D eigenvalue weighted by Crippen LogP contribution is -2.31. The Balaban J connectivity index is 1.69. The Kier molecular flexibility index (Phi) is 3.92. The van der Waals surface area contributed by atoms with Gasteiger partial charge in [-0.1, -0.05) is 6.07 Å². The van der Waals surface area contributed by atoms with Crippen molar-refractivity contribution in [1.29, 1.82) is 0 Å². The van der Waals surface area contributed by atoms with Crippen molar-refractivity contribution in [1.82, 2.24) is 25.5 Å².